The number of thiophene rings is 1. The van der Waals surface area contributed by atoms with Gasteiger partial charge in [0.1, 0.15) is 5.82 Å². The second kappa shape index (κ2) is 10.7. The molecule has 3 nitrogen and oxygen atoms in total. The Morgan fingerprint density at radius 2 is 1.55 bits per heavy atom. The molecule has 5 heteroatoms. The smallest absolute Gasteiger partial charge is 0.133 e. The van der Waals surface area contributed by atoms with Crippen molar-refractivity contribution in [2.75, 3.05) is 18.0 Å². The zero-order valence-corrected chi connectivity index (χ0v) is 20.3. The highest BCUT2D eigenvalue weighted by molar-refractivity contribution is 7.19. The van der Waals surface area contributed by atoms with E-state index in [1.165, 1.54) is 33.9 Å². The summed E-state index contributed by atoms with van der Waals surface area (Å²) in [6, 6.07) is 21.4. The van der Waals surface area contributed by atoms with Crippen LogP contribution in [-0.2, 0) is 6.42 Å². The Labute approximate surface area is 199 Å². The van der Waals surface area contributed by atoms with E-state index in [1.807, 2.05) is 47.7 Å². The Morgan fingerprint density at radius 3 is 2.24 bits per heavy atom. The summed E-state index contributed by atoms with van der Waals surface area (Å²) < 4.78 is 16.2. The fourth-order valence-corrected chi connectivity index (χ4v) is 5.06. The molecule has 0 fully saturated rings. The largest absolute Gasteiger partial charge is 0.372 e. The van der Waals surface area contributed by atoms with Gasteiger partial charge in [-0.2, -0.15) is 10.2 Å². The molecule has 0 aliphatic rings. The van der Waals surface area contributed by atoms with Crippen molar-refractivity contribution in [2.45, 2.75) is 40.0 Å². The third-order valence-electron chi connectivity index (χ3n) is 5.87. The highest BCUT2D eigenvalue weighted by atomic mass is 32.1. The van der Waals surface area contributed by atoms with Crippen LogP contribution >= 0.6 is 11.3 Å². The van der Waals surface area contributed by atoms with E-state index >= 15 is 0 Å². The van der Waals surface area contributed by atoms with Crippen LogP contribution < -0.4 is 4.90 Å². The maximum Gasteiger partial charge on any atom is 0.133 e. The molecular weight excluding hydrogens is 429 g/mol. The van der Waals surface area contributed by atoms with Gasteiger partial charge in [-0.1, -0.05) is 19.4 Å². The van der Waals surface area contributed by atoms with Crippen molar-refractivity contribution in [3.63, 3.8) is 0 Å². The quantitative estimate of drug-likeness (QED) is 0.229. The predicted molar refractivity (Wildman–Crippen MR) is 140 cm³/mol. The number of hydrogen-bond acceptors (Lipinski definition) is 4. The van der Waals surface area contributed by atoms with Crippen LogP contribution in [0.15, 0.2) is 77.0 Å². The summed E-state index contributed by atoms with van der Waals surface area (Å²) >= 11 is 1.83. The molecule has 0 spiro atoms. The topological polar surface area (TPSA) is 28.0 Å². The number of halogens is 1. The molecule has 3 aromatic carbocycles. The molecule has 4 rings (SSSR count). The lowest BCUT2D eigenvalue weighted by Crippen LogP contribution is -2.21. The Balaban J connectivity index is 1.51. The highest BCUT2D eigenvalue weighted by Gasteiger charge is 2.09. The molecule has 4 aromatic rings. The van der Waals surface area contributed by atoms with Gasteiger partial charge in [0, 0.05) is 40.0 Å². The summed E-state index contributed by atoms with van der Waals surface area (Å²) in [5.41, 5.74) is 3.88. The number of unbranched alkanes of at least 4 members (excludes halogenated alkanes) is 1. The molecule has 1 aromatic heterocycles. The number of hydrogen-bond donors (Lipinski definition) is 0. The van der Waals surface area contributed by atoms with Gasteiger partial charge in [0.25, 0.3) is 0 Å². The van der Waals surface area contributed by atoms with E-state index in [0.29, 0.717) is 11.3 Å². The SMILES string of the molecule is CCCCc1cc2cc(-c3ccc(N=Nc4ccc(N(CC)CC)cc4)cc3F)ccc2s1. The van der Waals surface area contributed by atoms with Crippen LogP contribution in [0.25, 0.3) is 21.2 Å². The molecule has 0 saturated carbocycles. The Kier molecular flexibility index (Phi) is 7.50. The second-order valence-electron chi connectivity index (χ2n) is 8.12. The van der Waals surface area contributed by atoms with Gasteiger partial charge >= 0.3 is 0 Å². The number of benzene rings is 3. The molecule has 1 heterocycles. The van der Waals surface area contributed by atoms with Crippen molar-refractivity contribution in [1.29, 1.82) is 0 Å². The molecular formula is C28H30FN3S. The van der Waals surface area contributed by atoms with Gasteiger partial charge in [-0.3, -0.25) is 0 Å². The highest BCUT2D eigenvalue weighted by Crippen LogP contribution is 2.33. The first kappa shape index (κ1) is 23.1. The third-order valence-corrected chi connectivity index (χ3v) is 7.04. The van der Waals surface area contributed by atoms with Gasteiger partial charge < -0.3 is 4.90 Å². The van der Waals surface area contributed by atoms with Gasteiger partial charge in [0.2, 0.25) is 0 Å². The van der Waals surface area contributed by atoms with Gasteiger partial charge in [-0.15, -0.1) is 11.3 Å². The minimum atomic E-state index is -0.288. The van der Waals surface area contributed by atoms with E-state index in [9.17, 15) is 4.39 Å². The van der Waals surface area contributed by atoms with Crippen molar-refractivity contribution in [3.05, 3.63) is 77.4 Å². The number of azo groups is 1. The van der Waals surface area contributed by atoms with Crippen molar-refractivity contribution in [1.82, 2.24) is 0 Å². The Morgan fingerprint density at radius 1 is 0.818 bits per heavy atom. The maximum atomic E-state index is 14.9. The van der Waals surface area contributed by atoms with Crippen molar-refractivity contribution < 1.29 is 4.39 Å². The summed E-state index contributed by atoms with van der Waals surface area (Å²) in [4.78, 5) is 3.67. The van der Waals surface area contributed by atoms with Gasteiger partial charge in [-0.25, -0.2) is 4.39 Å². The lowest BCUT2D eigenvalue weighted by atomic mass is 10.0. The number of nitrogens with zero attached hydrogens (tertiary/aromatic N) is 3. The Bertz CT molecular complexity index is 1240. The monoisotopic (exact) mass is 459 g/mol. The van der Waals surface area contributed by atoms with E-state index in [-0.39, 0.29) is 5.82 Å². The fraction of sp³-hybridized carbons (Fsp3) is 0.286. The minimum absolute atomic E-state index is 0.288. The first-order valence-corrected chi connectivity index (χ1v) is 12.5. The van der Waals surface area contributed by atoms with E-state index in [4.69, 9.17) is 0 Å². The number of fused-ring (bicyclic) bond motifs is 1. The summed E-state index contributed by atoms with van der Waals surface area (Å²) in [6.07, 6.45) is 3.50. The second-order valence-corrected chi connectivity index (χ2v) is 9.29. The van der Waals surface area contributed by atoms with Gasteiger partial charge in [0.15, 0.2) is 0 Å². The van der Waals surface area contributed by atoms with E-state index < -0.39 is 0 Å². The third kappa shape index (κ3) is 5.48. The van der Waals surface area contributed by atoms with E-state index in [1.54, 1.807) is 6.07 Å². The normalized spacial score (nSPS) is 11.5. The van der Waals surface area contributed by atoms with Crippen molar-refractivity contribution >= 4 is 38.5 Å². The van der Waals surface area contributed by atoms with Crippen LogP contribution in [0.5, 0.6) is 0 Å². The molecule has 0 amide bonds. The van der Waals surface area contributed by atoms with E-state index in [2.05, 4.69) is 54.1 Å². The molecule has 0 atom stereocenters. The van der Waals surface area contributed by atoms with Crippen molar-refractivity contribution in [3.8, 4) is 11.1 Å². The summed E-state index contributed by atoms with van der Waals surface area (Å²) in [6.45, 7) is 8.41. The van der Waals surface area contributed by atoms with Gasteiger partial charge in [0.05, 0.1) is 11.4 Å². The minimum Gasteiger partial charge on any atom is -0.372 e. The average molecular weight is 460 g/mol. The Hall–Kier alpha value is -3.05. The zero-order chi connectivity index (χ0) is 23.2. The summed E-state index contributed by atoms with van der Waals surface area (Å²) in [5.74, 6) is -0.288. The van der Waals surface area contributed by atoms with Crippen LogP contribution in [0.3, 0.4) is 0 Å². The molecule has 0 saturated heterocycles. The van der Waals surface area contributed by atoms with Crippen molar-refractivity contribution in [2.24, 2.45) is 10.2 Å². The van der Waals surface area contributed by atoms with Crippen LogP contribution in [0.4, 0.5) is 21.5 Å². The first-order valence-electron chi connectivity index (χ1n) is 11.7. The molecule has 0 N–H and O–H groups in total. The molecule has 33 heavy (non-hydrogen) atoms. The predicted octanol–water partition coefficient (Wildman–Crippen LogP) is 9.31. The number of anilines is 1. The van der Waals surface area contributed by atoms with Crippen LogP contribution in [-0.4, -0.2) is 13.1 Å². The van der Waals surface area contributed by atoms with E-state index in [0.717, 1.165) is 36.4 Å². The van der Waals surface area contributed by atoms with Crippen LogP contribution in [0.2, 0.25) is 0 Å². The van der Waals surface area contributed by atoms with Gasteiger partial charge in [-0.05, 0) is 92.2 Å². The number of aryl methyl sites for hydroxylation is 1. The van der Waals surface area contributed by atoms with Crippen LogP contribution in [0.1, 0.15) is 38.5 Å². The standard InChI is InChI=1S/C28H30FN3S/c1-4-7-8-25-18-21-17-20(9-16-28(21)33-25)26-15-12-23(19-27(26)29)31-30-22-10-13-24(14-11-22)32(5-2)6-3/h9-19H,4-8H2,1-3H3. The molecule has 0 bridgehead atoms. The molecule has 0 aliphatic heterocycles. The molecule has 0 radical (unpaired) electrons. The average Bonchev–Trinajstić information content (AvgIpc) is 3.25. The summed E-state index contributed by atoms with van der Waals surface area (Å²) in [5, 5.41) is 9.70. The lowest BCUT2D eigenvalue weighted by Gasteiger charge is -2.20. The molecule has 0 aliphatic carbocycles. The zero-order valence-electron chi connectivity index (χ0n) is 19.5. The number of rotatable bonds is 9. The fourth-order valence-electron chi connectivity index (χ4n) is 3.97. The molecule has 0 unspecified atom stereocenters. The summed E-state index contributed by atoms with van der Waals surface area (Å²) in [7, 11) is 0. The lowest BCUT2D eigenvalue weighted by molar-refractivity contribution is 0.631. The molecule has 170 valence electrons. The maximum absolute atomic E-state index is 14.9. The first-order chi connectivity index (χ1) is 16.1. The van der Waals surface area contributed by atoms with Crippen LogP contribution in [0, 0.1) is 5.82 Å².